The second kappa shape index (κ2) is 7.06. The number of carbonyl (C=O) groups excluding carboxylic acids is 3. The van der Waals surface area contributed by atoms with Crippen LogP contribution >= 0.6 is 0 Å². The average molecular weight is 325 g/mol. The van der Waals surface area contributed by atoms with E-state index in [0.717, 1.165) is 5.56 Å². The Kier molecular flexibility index (Phi) is 4.67. The van der Waals surface area contributed by atoms with E-state index in [4.69, 9.17) is 9.57 Å². The summed E-state index contributed by atoms with van der Waals surface area (Å²) >= 11 is 0. The highest BCUT2D eigenvalue weighted by atomic mass is 16.7. The minimum absolute atomic E-state index is 0.0553. The first-order valence-corrected chi connectivity index (χ1v) is 7.47. The molecule has 0 saturated heterocycles. The molecule has 0 bridgehead atoms. The molecule has 0 aromatic heterocycles. The van der Waals surface area contributed by atoms with Crippen LogP contribution in [0.25, 0.3) is 0 Å². The first-order valence-electron chi connectivity index (χ1n) is 7.47. The standard InChI is InChI=1S/C18H15NO5/c20-16(10-11-23-12-13-6-2-1-3-7-13)24-19-17(21)14-8-4-5-9-15(14)18(19)22/h1-9H,10-12H2. The normalized spacial score (nSPS) is 13.1. The Morgan fingerprint density at radius 1 is 0.875 bits per heavy atom. The smallest absolute Gasteiger partial charge is 0.335 e. The van der Waals surface area contributed by atoms with Gasteiger partial charge in [-0.1, -0.05) is 47.5 Å². The van der Waals surface area contributed by atoms with Gasteiger partial charge in [-0.15, -0.1) is 0 Å². The number of carbonyl (C=O) groups is 3. The van der Waals surface area contributed by atoms with E-state index in [1.165, 1.54) is 12.1 Å². The van der Waals surface area contributed by atoms with E-state index in [1.54, 1.807) is 12.1 Å². The van der Waals surface area contributed by atoms with Crippen LogP contribution in [0.4, 0.5) is 0 Å². The lowest BCUT2D eigenvalue weighted by atomic mass is 10.1. The SMILES string of the molecule is O=C(CCOCc1ccccc1)ON1C(=O)c2ccccc2C1=O. The number of ether oxygens (including phenoxy) is 1. The van der Waals surface area contributed by atoms with Crippen molar-refractivity contribution in [2.45, 2.75) is 13.0 Å². The summed E-state index contributed by atoms with van der Waals surface area (Å²) in [7, 11) is 0. The summed E-state index contributed by atoms with van der Waals surface area (Å²) < 4.78 is 5.38. The zero-order valence-electron chi connectivity index (χ0n) is 12.8. The Bertz CT molecular complexity index is 737. The highest BCUT2D eigenvalue weighted by molar-refractivity contribution is 6.20. The molecule has 0 fully saturated rings. The van der Waals surface area contributed by atoms with Gasteiger partial charge >= 0.3 is 5.97 Å². The topological polar surface area (TPSA) is 72.9 Å². The molecule has 2 aromatic carbocycles. The third-order valence-corrected chi connectivity index (χ3v) is 3.51. The Balaban J connectivity index is 1.48. The van der Waals surface area contributed by atoms with Crippen LogP contribution in [0.1, 0.15) is 32.7 Å². The van der Waals surface area contributed by atoms with Gasteiger partial charge in [0.05, 0.1) is 30.8 Å². The monoisotopic (exact) mass is 325 g/mol. The van der Waals surface area contributed by atoms with Gasteiger partial charge in [-0.25, -0.2) is 4.79 Å². The molecule has 0 radical (unpaired) electrons. The fraction of sp³-hybridized carbons (Fsp3) is 0.167. The largest absolute Gasteiger partial charge is 0.376 e. The van der Waals surface area contributed by atoms with Crippen LogP contribution in [0, 0.1) is 0 Å². The number of fused-ring (bicyclic) bond motifs is 1. The van der Waals surface area contributed by atoms with Gasteiger partial charge in [0.2, 0.25) is 0 Å². The molecule has 0 unspecified atom stereocenters. The lowest BCUT2D eigenvalue weighted by molar-refractivity contribution is -0.169. The molecule has 0 aliphatic carbocycles. The number of amides is 2. The number of hydrogen-bond acceptors (Lipinski definition) is 5. The average Bonchev–Trinajstić information content (AvgIpc) is 2.85. The fourth-order valence-electron chi connectivity index (χ4n) is 2.32. The first kappa shape index (κ1) is 15.9. The summed E-state index contributed by atoms with van der Waals surface area (Å²) in [6.45, 7) is 0.512. The Hall–Kier alpha value is -2.99. The molecule has 6 heteroatoms. The lowest BCUT2D eigenvalue weighted by Gasteiger charge is -2.12. The molecule has 24 heavy (non-hydrogen) atoms. The molecule has 0 saturated carbocycles. The highest BCUT2D eigenvalue weighted by Gasteiger charge is 2.38. The Labute approximate surface area is 138 Å². The van der Waals surface area contributed by atoms with Crippen LogP contribution in [-0.4, -0.2) is 29.5 Å². The van der Waals surface area contributed by atoms with Crippen molar-refractivity contribution in [3.8, 4) is 0 Å². The van der Waals surface area contributed by atoms with Crippen LogP contribution < -0.4 is 0 Å². The molecule has 0 N–H and O–H groups in total. The molecule has 1 aliphatic heterocycles. The van der Waals surface area contributed by atoms with Crippen LogP contribution in [0.5, 0.6) is 0 Å². The maximum Gasteiger partial charge on any atom is 0.335 e. The molecule has 0 spiro atoms. The van der Waals surface area contributed by atoms with Crippen molar-refractivity contribution >= 4 is 17.8 Å². The van der Waals surface area contributed by atoms with Crippen molar-refractivity contribution in [2.24, 2.45) is 0 Å². The quantitative estimate of drug-likeness (QED) is 0.602. The Morgan fingerprint density at radius 2 is 1.46 bits per heavy atom. The van der Waals surface area contributed by atoms with Gasteiger partial charge in [-0.2, -0.15) is 0 Å². The predicted octanol–water partition coefficient (Wildman–Crippen LogP) is 2.35. The number of rotatable bonds is 6. The van der Waals surface area contributed by atoms with E-state index >= 15 is 0 Å². The molecular formula is C18H15NO5. The van der Waals surface area contributed by atoms with E-state index < -0.39 is 17.8 Å². The lowest BCUT2D eigenvalue weighted by Crippen LogP contribution is -2.32. The fourth-order valence-corrected chi connectivity index (χ4v) is 2.32. The number of nitrogens with zero attached hydrogens (tertiary/aromatic N) is 1. The van der Waals surface area contributed by atoms with Crippen molar-refractivity contribution in [3.05, 3.63) is 71.3 Å². The van der Waals surface area contributed by atoms with Crippen LogP contribution in [0.15, 0.2) is 54.6 Å². The summed E-state index contributed by atoms with van der Waals surface area (Å²) in [5.74, 6) is -1.96. The summed E-state index contributed by atoms with van der Waals surface area (Å²) in [6, 6.07) is 15.9. The summed E-state index contributed by atoms with van der Waals surface area (Å²) in [4.78, 5) is 40.8. The number of imide groups is 1. The van der Waals surface area contributed by atoms with Crippen LogP contribution in [0.3, 0.4) is 0 Å². The van der Waals surface area contributed by atoms with Gasteiger partial charge in [0, 0.05) is 0 Å². The second-order valence-electron chi connectivity index (χ2n) is 5.20. The molecule has 1 heterocycles. The van der Waals surface area contributed by atoms with Gasteiger partial charge < -0.3 is 9.57 Å². The van der Waals surface area contributed by atoms with Crippen molar-refractivity contribution in [3.63, 3.8) is 0 Å². The second-order valence-corrected chi connectivity index (χ2v) is 5.20. The van der Waals surface area contributed by atoms with E-state index in [1.807, 2.05) is 30.3 Å². The minimum Gasteiger partial charge on any atom is -0.376 e. The molecule has 0 atom stereocenters. The highest BCUT2D eigenvalue weighted by Crippen LogP contribution is 2.22. The van der Waals surface area contributed by atoms with Gasteiger partial charge in [0.1, 0.15) is 0 Å². The van der Waals surface area contributed by atoms with E-state index in [0.29, 0.717) is 11.7 Å². The predicted molar refractivity (Wildman–Crippen MR) is 83.7 cm³/mol. The molecule has 2 amide bonds. The van der Waals surface area contributed by atoms with Crippen molar-refractivity contribution in [1.29, 1.82) is 0 Å². The Morgan fingerprint density at radius 3 is 2.08 bits per heavy atom. The van der Waals surface area contributed by atoms with E-state index in [9.17, 15) is 14.4 Å². The minimum atomic E-state index is -0.697. The third kappa shape index (κ3) is 3.33. The number of benzene rings is 2. The maximum atomic E-state index is 12.1. The molecule has 122 valence electrons. The van der Waals surface area contributed by atoms with E-state index in [2.05, 4.69) is 0 Å². The molecule has 1 aliphatic rings. The van der Waals surface area contributed by atoms with Crippen molar-refractivity contribution in [1.82, 2.24) is 5.06 Å². The summed E-state index contributed by atoms with van der Waals surface area (Å²) in [5.41, 5.74) is 1.46. The summed E-state index contributed by atoms with van der Waals surface area (Å²) in [5, 5.41) is 0.504. The molecule has 6 nitrogen and oxygen atoms in total. The molecule has 2 aromatic rings. The summed E-state index contributed by atoms with van der Waals surface area (Å²) in [6.07, 6.45) is -0.0553. The number of hydroxylamine groups is 2. The van der Waals surface area contributed by atoms with Gasteiger partial charge in [0.25, 0.3) is 11.8 Å². The van der Waals surface area contributed by atoms with Crippen LogP contribution in [-0.2, 0) is 21.0 Å². The van der Waals surface area contributed by atoms with E-state index in [-0.39, 0.29) is 24.2 Å². The molecular weight excluding hydrogens is 310 g/mol. The molecule has 3 rings (SSSR count). The van der Waals surface area contributed by atoms with Gasteiger partial charge in [-0.3, -0.25) is 9.59 Å². The maximum absolute atomic E-state index is 12.1. The van der Waals surface area contributed by atoms with Crippen molar-refractivity contribution < 1.29 is 24.0 Å². The van der Waals surface area contributed by atoms with Crippen LogP contribution in [0.2, 0.25) is 0 Å². The van der Waals surface area contributed by atoms with Gasteiger partial charge in [0.15, 0.2) is 0 Å². The third-order valence-electron chi connectivity index (χ3n) is 3.51. The first-order chi connectivity index (χ1) is 11.7. The zero-order valence-corrected chi connectivity index (χ0v) is 12.8. The van der Waals surface area contributed by atoms with Gasteiger partial charge in [-0.05, 0) is 17.7 Å². The zero-order chi connectivity index (χ0) is 16.9. The van der Waals surface area contributed by atoms with Crippen molar-refractivity contribution in [2.75, 3.05) is 6.61 Å². The number of hydrogen-bond donors (Lipinski definition) is 0.